The molecule has 1 saturated carbocycles. The maximum Gasteiger partial charge on any atom is 0.252 e. The smallest absolute Gasteiger partial charge is 0.252 e. The predicted molar refractivity (Wildman–Crippen MR) is 285 cm³/mol. The largest absolute Gasteiger partial charge is 0.334 e. The molecule has 1 fully saturated rings. The lowest BCUT2D eigenvalue weighted by Crippen LogP contribution is -2.62. The Labute approximate surface area is 397 Å². The van der Waals surface area contributed by atoms with Gasteiger partial charge in [0.1, 0.15) is 0 Å². The van der Waals surface area contributed by atoms with E-state index in [0.717, 1.165) is 12.8 Å². The molecular formula is C62H72BN3. The molecule has 2 aliphatic carbocycles. The van der Waals surface area contributed by atoms with Crippen molar-refractivity contribution in [2.24, 2.45) is 0 Å². The summed E-state index contributed by atoms with van der Waals surface area (Å²) in [4.78, 5) is 8.14. The first-order valence-electron chi connectivity index (χ1n) is 25.4. The Morgan fingerprint density at radius 2 is 1.05 bits per heavy atom. The minimum Gasteiger partial charge on any atom is -0.334 e. The molecule has 338 valence electrons. The molecule has 4 heteroatoms. The lowest BCUT2D eigenvalue weighted by atomic mass is 9.33. The monoisotopic (exact) mass is 870 g/mol. The first kappa shape index (κ1) is 43.4. The van der Waals surface area contributed by atoms with Gasteiger partial charge in [-0.05, 0) is 165 Å². The summed E-state index contributed by atoms with van der Waals surface area (Å²) >= 11 is 0. The average molecular weight is 870 g/mol. The molecule has 11 rings (SSSR count). The normalized spacial score (nSPS) is 22.3. The number of benzene rings is 6. The Morgan fingerprint density at radius 1 is 0.485 bits per heavy atom. The third-order valence-corrected chi connectivity index (χ3v) is 17.7. The van der Waals surface area contributed by atoms with E-state index in [-0.39, 0.29) is 39.3 Å². The van der Waals surface area contributed by atoms with Crippen molar-refractivity contribution in [2.45, 2.75) is 168 Å². The summed E-state index contributed by atoms with van der Waals surface area (Å²) in [6, 6.07) is 46.3. The molecule has 0 bridgehead atoms. The van der Waals surface area contributed by atoms with Crippen molar-refractivity contribution in [3.8, 4) is 0 Å². The Kier molecular flexibility index (Phi) is 9.46. The van der Waals surface area contributed by atoms with Crippen LogP contribution in [0.3, 0.4) is 0 Å². The highest BCUT2D eigenvalue weighted by Gasteiger charge is 2.58. The molecule has 66 heavy (non-hydrogen) atoms. The summed E-state index contributed by atoms with van der Waals surface area (Å²) in [6.45, 7) is 31.6. The number of anilines is 8. The first-order chi connectivity index (χ1) is 31.2. The van der Waals surface area contributed by atoms with Gasteiger partial charge >= 0.3 is 0 Å². The fourth-order valence-electron chi connectivity index (χ4n) is 13.3. The Bertz CT molecular complexity index is 2930. The van der Waals surface area contributed by atoms with Crippen LogP contribution in [0.1, 0.15) is 162 Å². The predicted octanol–water partition coefficient (Wildman–Crippen LogP) is 15.0. The molecular weight excluding hydrogens is 798 g/mol. The molecule has 0 saturated heterocycles. The molecule has 0 N–H and O–H groups in total. The second-order valence-electron chi connectivity index (χ2n) is 24.7. The number of hydrogen-bond acceptors (Lipinski definition) is 3. The third kappa shape index (κ3) is 6.21. The molecule has 2 unspecified atom stereocenters. The summed E-state index contributed by atoms with van der Waals surface area (Å²) in [7, 11) is 0. The van der Waals surface area contributed by atoms with Gasteiger partial charge < -0.3 is 14.7 Å². The maximum atomic E-state index is 2.82. The Morgan fingerprint density at radius 3 is 1.68 bits per heavy atom. The van der Waals surface area contributed by atoms with Crippen molar-refractivity contribution < 1.29 is 0 Å². The lowest BCUT2D eigenvalue weighted by Gasteiger charge is -2.51. The van der Waals surface area contributed by atoms with Crippen LogP contribution in [0.4, 0.5) is 45.5 Å². The van der Waals surface area contributed by atoms with Gasteiger partial charge in [0.15, 0.2) is 0 Å². The summed E-state index contributed by atoms with van der Waals surface area (Å²) in [6.07, 6.45) is 8.29. The number of para-hydroxylation sites is 1. The van der Waals surface area contributed by atoms with Gasteiger partial charge in [0, 0.05) is 50.9 Å². The van der Waals surface area contributed by atoms with Crippen molar-refractivity contribution in [3.05, 3.63) is 149 Å². The minimum absolute atomic E-state index is 0.0144. The highest BCUT2D eigenvalue weighted by Crippen LogP contribution is 2.62. The lowest BCUT2D eigenvalue weighted by molar-refractivity contribution is 0.195. The van der Waals surface area contributed by atoms with E-state index >= 15 is 0 Å². The zero-order chi connectivity index (χ0) is 46.5. The maximum absolute atomic E-state index is 2.82. The zero-order valence-corrected chi connectivity index (χ0v) is 42.3. The van der Waals surface area contributed by atoms with Crippen LogP contribution in [0.25, 0.3) is 0 Å². The molecule has 0 radical (unpaired) electrons. The molecule has 5 aliphatic rings. The van der Waals surface area contributed by atoms with Gasteiger partial charge in [0.25, 0.3) is 6.71 Å². The van der Waals surface area contributed by atoms with Crippen molar-refractivity contribution in [1.29, 1.82) is 0 Å². The first-order valence-corrected chi connectivity index (χ1v) is 25.4. The second-order valence-corrected chi connectivity index (χ2v) is 24.7. The SMILES string of the molecule is CCc1ccc2c(c1)C1(C)CCCCC1(C)N2c1cc2c3c(c1)N(c1ccccc1)c1cc4c(cc1B3c1cc(C(C)(C)C)ccc1N2c1ccc(C(C)(C)C)cc1)C(C)(C)CCC4(C)C. The van der Waals surface area contributed by atoms with Gasteiger partial charge in [0.2, 0.25) is 0 Å². The van der Waals surface area contributed by atoms with Gasteiger partial charge in [0.05, 0.1) is 5.54 Å². The van der Waals surface area contributed by atoms with Crippen LogP contribution in [0.15, 0.2) is 115 Å². The van der Waals surface area contributed by atoms with Gasteiger partial charge in [-0.1, -0.05) is 157 Å². The van der Waals surface area contributed by atoms with E-state index in [9.17, 15) is 0 Å². The van der Waals surface area contributed by atoms with Crippen LogP contribution in [-0.2, 0) is 33.5 Å². The standard InChI is InChI=1S/C62H72BN3/c1-14-40-22-28-51-48(34-40)61(12)30-18-19-31-62(61,13)66(51)45-36-54-56-55(37-45)65(43-20-16-15-17-21-43)53-39-47-46(59(8,9)32-33-60(47,10)11)38-50(53)63(56)49-35-42(58(5,6)7)25-29-52(49)64(54)44-26-23-41(24-27-44)57(2,3)4/h15-17,20-29,34-39H,14,18-19,30-33H2,1-13H3. The molecule has 6 aromatic rings. The molecule has 3 heterocycles. The molecule has 3 aliphatic heterocycles. The molecule has 3 nitrogen and oxygen atoms in total. The summed E-state index contributed by atoms with van der Waals surface area (Å²) in [5, 5.41) is 0. The molecule has 2 atom stereocenters. The third-order valence-electron chi connectivity index (χ3n) is 17.7. The van der Waals surface area contributed by atoms with Crippen LogP contribution < -0.4 is 31.1 Å². The molecule has 0 spiro atoms. The zero-order valence-electron chi connectivity index (χ0n) is 42.3. The van der Waals surface area contributed by atoms with Crippen LogP contribution in [0.2, 0.25) is 0 Å². The van der Waals surface area contributed by atoms with E-state index in [1.165, 1.54) is 127 Å². The number of hydrogen-bond donors (Lipinski definition) is 0. The van der Waals surface area contributed by atoms with Crippen molar-refractivity contribution in [3.63, 3.8) is 0 Å². The van der Waals surface area contributed by atoms with Crippen molar-refractivity contribution in [2.75, 3.05) is 14.7 Å². The average Bonchev–Trinajstić information content (AvgIpc) is 3.49. The Balaban J connectivity index is 1.28. The molecule has 0 aromatic heterocycles. The van der Waals surface area contributed by atoms with Crippen LogP contribution in [0.5, 0.6) is 0 Å². The van der Waals surface area contributed by atoms with Crippen molar-refractivity contribution in [1.82, 2.24) is 0 Å². The minimum atomic E-state index is -0.0908. The van der Waals surface area contributed by atoms with E-state index in [0.29, 0.717) is 0 Å². The van der Waals surface area contributed by atoms with E-state index < -0.39 is 0 Å². The quantitative estimate of drug-likeness (QED) is 0.163. The van der Waals surface area contributed by atoms with Gasteiger partial charge in [-0.15, -0.1) is 0 Å². The van der Waals surface area contributed by atoms with E-state index in [1.807, 2.05) is 0 Å². The van der Waals surface area contributed by atoms with E-state index in [4.69, 9.17) is 0 Å². The molecule has 0 amide bonds. The Hall–Kier alpha value is -5.22. The van der Waals surface area contributed by atoms with E-state index in [2.05, 4.69) is 220 Å². The topological polar surface area (TPSA) is 9.72 Å². The fourth-order valence-corrected chi connectivity index (χ4v) is 13.3. The fraction of sp³-hybridized carbons (Fsp3) is 0.419. The van der Waals surface area contributed by atoms with Crippen LogP contribution in [-0.4, -0.2) is 12.3 Å². The van der Waals surface area contributed by atoms with Gasteiger partial charge in [-0.25, -0.2) is 0 Å². The van der Waals surface area contributed by atoms with Gasteiger partial charge in [-0.3, -0.25) is 0 Å². The highest BCUT2D eigenvalue weighted by molar-refractivity contribution is 7.00. The second kappa shape index (κ2) is 14.4. The summed E-state index contributed by atoms with van der Waals surface area (Å²) < 4.78 is 0. The highest BCUT2D eigenvalue weighted by atomic mass is 15.3. The number of aryl methyl sites for hydroxylation is 1. The number of rotatable bonds is 4. The number of nitrogens with zero attached hydrogens (tertiary/aromatic N) is 3. The summed E-state index contributed by atoms with van der Waals surface area (Å²) in [5.41, 5.74) is 23.3. The number of fused-ring (bicyclic) bond motifs is 8. The van der Waals surface area contributed by atoms with Gasteiger partial charge in [-0.2, -0.15) is 0 Å². The van der Waals surface area contributed by atoms with Crippen LogP contribution >= 0.6 is 0 Å². The van der Waals surface area contributed by atoms with Crippen LogP contribution in [0, 0.1) is 0 Å². The summed E-state index contributed by atoms with van der Waals surface area (Å²) in [5.74, 6) is 0. The van der Waals surface area contributed by atoms with E-state index in [1.54, 1.807) is 0 Å². The molecule has 6 aromatic carbocycles. The van der Waals surface area contributed by atoms with Crippen molar-refractivity contribution >= 4 is 68.6 Å².